The molecule has 0 amide bonds. The number of methoxy groups -OCH3 is 1. The van der Waals surface area contributed by atoms with Gasteiger partial charge in [0.25, 0.3) is 0 Å². The van der Waals surface area contributed by atoms with Crippen molar-refractivity contribution in [3.8, 4) is 0 Å². The number of ether oxygens (including phenoxy) is 2. The van der Waals surface area contributed by atoms with Crippen LogP contribution in [0.25, 0.3) is 0 Å². The third kappa shape index (κ3) is 5.13. The van der Waals surface area contributed by atoms with Crippen molar-refractivity contribution in [3.05, 3.63) is 65.0 Å². The number of rotatable bonds is 4. The second-order valence-corrected chi connectivity index (χ2v) is 7.34. The minimum absolute atomic E-state index is 0.218. The van der Waals surface area contributed by atoms with Crippen molar-refractivity contribution < 1.29 is 19.1 Å². The van der Waals surface area contributed by atoms with Crippen LogP contribution >= 0.6 is 15.9 Å². The van der Waals surface area contributed by atoms with Gasteiger partial charge in [0, 0.05) is 0 Å². The van der Waals surface area contributed by atoms with Gasteiger partial charge in [0.2, 0.25) is 0 Å². The number of nitrogens with zero attached hydrogens (tertiary/aromatic N) is 1. The van der Waals surface area contributed by atoms with E-state index >= 15 is 0 Å². The van der Waals surface area contributed by atoms with Gasteiger partial charge in [-0.1, -0.05) is 34.1 Å². The predicted octanol–water partition coefficient (Wildman–Crippen LogP) is 4.31. The Bertz CT molecular complexity index is 766. The zero-order chi connectivity index (χ0) is 18.6. The zero-order valence-corrected chi connectivity index (χ0v) is 16.2. The Morgan fingerprint density at radius 3 is 2.24 bits per heavy atom. The van der Waals surface area contributed by atoms with Crippen molar-refractivity contribution in [3.63, 3.8) is 0 Å². The number of alkyl halides is 1. The van der Waals surface area contributed by atoms with Gasteiger partial charge in [-0.3, -0.25) is 0 Å². The number of pyridine rings is 1. The highest BCUT2D eigenvalue weighted by molar-refractivity contribution is 9.09. The van der Waals surface area contributed by atoms with E-state index in [0.717, 1.165) is 5.56 Å². The maximum absolute atomic E-state index is 12.1. The summed E-state index contributed by atoms with van der Waals surface area (Å²) >= 11 is 3.58. The first-order chi connectivity index (χ1) is 11.7. The molecule has 0 aliphatic carbocycles. The fourth-order valence-electron chi connectivity index (χ4n) is 2.11. The van der Waals surface area contributed by atoms with Crippen LogP contribution in [0.2, 0.25) is 0 Å². The maximum Gasteiger partial charge on any atom is 0.356 e. The molecule has 0 spiro atoms. The molecule has 1 atom stereocenters. The van der Waals surface area contributed by atoms with Crippen molar-refractivity contribution in [2.75, 3.05) is 7.11 Å². The van der Waals surface area contributed by atoms with Crippen LogP contribution in [0.1, 0.15) is 57.7 Å². The van der Waals surface area contributed by atoms with E-state index in [1.807, 2.05) is 39.0 Å². The van der Waals surface area contributed by atoms with Gasteiger partial charge in [-0.25, -0.2) is 14.6 Å². The molecule has 0 aliphatic heterocycles. The zero-order valence-electron chi connectivity index (χ0n) is 14.6. The van der Waals surface area contributed by atoms with E-state index in [-0.39, 0.29) is 16.5 Å². The number of hydrogen-bond donors (Lipinski definition) is 0. The Kier molecular flexibility index (Phi) is 5.95. The van der Waals surface area contributed by atoms with E-state index in [1.165, 1.54) is 7.11 Å². The summed E-state index contributed by atoms with van der Waals surface area (Å²) in [5.74, 6) is -0.849. The van der Waals surface area contributed by atoms with Crippen molar-refractivity contribution in [1.82, 2.24) is 4.98 Å². The van der Waals surface area contributed by atoms with E-state index < -0.39 is 11.6 Å². The number of carbonyl (C=O) groups excluding carboxylic acids is 2. The molecule has 0 N–H and O–H groups in total. The van der Waals surface area contributed by atoms with Crippen LogP contribution in [0.15, 0.2) is 42.5 Å². The number of carbonyl (C=O) groups is 2. The van der Waals surface area contributed by atoms with Crippen LogP contribution < -0.4 is 0 Å². The van der Waals surface area contributed by atoms with Crippen LogP contribution in [0.3, 0.4) is 0 Å². The Labute approximate surface area is 155 Å². The Morgan fingerprint density at radius 2 is 1.68 bits per heavy atom. The lowest BCUT2D eigenvalue weighted by Gasteiger charge is -2.19. The summed E-state index contributed by atoms with van der Waals surface area (Å²) in [4.78, 5) is 27.8. The molecule has 0 fully saturated rings. The first-order valence-electron chi connectivity index (χ1n) is 7.74. The standard InChI is InChI=1S/C19H20BrNO4/c1-19(2,3)25-17(22)13-10-8-12(9-11-13)16(20)14-6-5-7-15(21-14)18(23)24-4/h5-11,16H,1-4H3. The molecular weight excluding hydrogens is 386 g/mol. The molecule has 0 bridgehead atoms. The topological polar surface area (TPSA) is 65.5 Å². The molecule has 2 aromatic rings. The predicted molar refractivity (Wildman–Crippen MR) is 98.0 cm³/mol. The number of halogens is 1. The van der Waals surface area contributed by atoms with Gasteiger partial charge in [0.15, 0.2) is 0 Å². The van der Waals surface area contributed by atoms with Crippen molar-refractivity contribution in [2.45, 2.75) is 31.2 Å². The highest BCUT2D eigenvalue weighted by Gasteiger charge is 2.19. The summed E-state index contributed by atoms with van der Waals surface area (Å²) in [5, 5.41) is 0. The first-order valence-corrected chi connectivity index (χ1v) is 8.65. The number of benzene rings is 1. The number of aromatic nitrogens is 1. The van der Waals surface area contributed by atoms with Crippen LogP contribution in [-0.4, -0.2) is 29.6 Å². The minimum Gasteiger partial charge on any atom is -0.464 e. The van der Waals surface area contributed by atoms with E-state index in [4.69, 9.17) is 9.47 Å². The summed E-state index contributed by atoms with van der Waals surface area (Å²) in [6.45, 7) is 5.48. The van der Waals surface area contributed by atoms with Crippen LogP contribution in [0, 0.1) is 0 Å². The lowest BCUT2D eigenvalue weighted by molar-refractivity contribution is 0.00693. The molecule has 1 heterocycles. The van der Waals surface area contributed by atoms with E-state index in [9.17, 15) is 9.59 Å². The summed E-state index contributed by atoms with van der Waals surface area (Å²) in [6.07, 6.45) is 0. The van der Waals surface area contributed by atoms with Crippen molar-refractivity contribution >= 4 is 27.9 Å². The average Bonchev–Trinajstić information content (AvgIpc) is 2.59. The Morgan fingerprint density at radius 1 is 1.04 bits per heavy atom. The molecule has 5 nitrogen and oxygen atoms in total. The average molecular weight is 406 g/mol. The highest BCUT2D eigenvalue weighted by Crippen LogP contribution is 2.30. The van der Waals surface area contributed by atoms with Crippen LogP contribution in [-0.2, 0) is 9.47 Å². The second kappa shape index (κ2) is 7.78. The molecule has 1 aromatic carbocycles. The quantitative estimate of drug-likeness (QED) is 0.559. The molecule has 0 aliphatic rings. The smallest absolute Gasteiger partial charge is 0.356 e. The van der Waals surface area contributed by atoms with Crippen LogP contribution in [0.4, 0.5) is 0 Å². The molecule has 1 aromatic heterocycles. The lowest BCUT2D eigenvalue weighted by Crippen LogP contribution is -2.23. The minimum atomic E-state index is -0.536. The summed E-state index contributed by atoms with van der Waals surface area (Å²) in [7, 11) is 1.32. The summed E-state index contributed by atoms with van der Waals surface area (Å²) < 4.78 is 10.0. The molecule has 132 valence electrons. The normalized spacial score (nSPS) is 12.4. The molecule has 0 saturated carbocycles. The molecule has 25 heavy (non-hydrogen) atoms. The first kappa shape index (κ1) is 19.1. The maximum atomic E-state index is 12.1. The van der Waals surface area contributed by atoms with Crippen molar-refractivity contribution in [2.24, 2.45) is 0 Å². The van der Waals surface area contributed by atoms with Crippen molar-refractivity contribution in [1.29, 1.82) is 0 Å². The van der Waals surface area contributed by atoms with E-state index in [1.54, 1.807) is 24.3 Å². The molecule has 2 rings (SSSR count). The van der Waals surface area contributed by atoms with Gasteiger partial charge in [0.05, 0.1) is 23.2 Å². The van der Waals surface area contributed by atoms with Gasteiger partial charge in [-0.05, 0) is 50.6 Å². The van der Waals surface area contributed by atoms with Gasteiger partial charge in [-0.2, -0.15) is 0 Å². The van der Waals surface area contributed by atoms with Gasteiger partial charge >= 0.3 is 11.9 Å². The second-order valence-electron chi connectivity index (χ2n) is 6.43. The van der Waals surface area contributed by atoms with Gasteiger partial charge in [0.1, 0.15) is 11.3 Å². The molecule has 6 heteroatoms. The van der Waals surface area contributed by atoms with Crippen LogP contribution in [0.5, 0.6) is 0 Å². The van der Waals surface area contributed by atoms with Gasteiger partial charge in [-0.15, -0.1) is 0 Å². The van der Waals surface area contributed by atoms with Gasteiger partial charge < -0.3 is 9.47 Å². The Balaban J connectivity index is 2.19. The fraction of sp³-hybridized carbons (Fsp3) is 0.316. The fourth-order valence-corrected chi connectivity index (χ4v) is 2.67. The molecule has 0 radical (unpaired) electrons. The SMILES string of the molecule is COC(=O)c1cccc(C(Br)c2ccc(C(=O)OC(C)(C)C)cc2)n1. The Hall–Kier alpha value is -2.21. The lowest BCUT2D eigenvalue weighted by atomic mass is 10.1. The molecule has 1 unspecified atom stereocenters. The summed E-state index contributed by atoms with van der Waals surface area (Å²) in [5.41, 5.74) is 1.77. The monoisotopic (exact) mass is 405 g/mol. The van der Waals surface area contributed by atoms with E-state index in [2.05, 4.69) is 20.9 Å². The number of hydrogen-bond acceptors (Lipinski definition) is 5. The highest BCUT2D eigenvalue weighted by atomic mass is 79.9. The third-order valence-corrected chi connectivity index (χ3v) is 4.26. The largest absolute Gasteiger partial charge is 0.464 e. The third-order valence-electron chi connectivity index (χ3n) is 3.26. The summed E-state index contributed by atoms with van der Waals surface area (Å²) in [6, 6.07) is 12.2. The number of esters is 2. The molecule has 0 saturated heterocycles. The molecular formula is C19H20BrNO4. The van der Waals surface area contributed by atoms with E-state index in [0.29, 0.717) is 11.3 Å².